The van der Waals surface area contributed by atoms with Gasteiger partial charge in [0, 0.05) is 25.5 Å². The topological polar surface area (TPSA) is 71.5 Å². The van der Waals surface area contributed by atoms with Crippen LogP contribution in [-0.2, 0) is 21.3 Å². The average molecular weight is 353 g/mol. The van der Waals surface area contributed by atoms with Crippen LogP contribution in [0.2, 0.25) is 0 Å². The van der Waals surface area contributed by atoms with Gasteiger partial charge in [0.15, 0.2) is 0 Å². The average Bonchev–Trinajstić information content (AvgIpc) is 2.60. The standard InChI is InChI=1S/C17H27N3O3S/c1-2-24(21,22)19-16-14-23-11-7-17(16)5-9-20(10-6-17)13-15-4-3-8-18-12-15/h3-4,8,12,16,19H,2,5-7,9-11,13-14H2,1H3/t16-/m0/s1. The first-order valence-corrected chi connectivity index (χ1v) is 10.4. The number of pyridine rings is 1. The van der Waals surface area contributed by atoms with Crippen LogP contribution in [0.25, 0.3) is 0 Å². The molecule has 7 heteroatoms. The maximum Gasteiger partial charge on any atom is 0.211 e. The molecule has 3 heterocycles. The Bertz CT molecular complexity index is 628. The molecule has 0 saturated carbocycles. The molecule has 134 valence electrons. The third-order valence-corrected chi connectivity index (χ3v) is 6.85. The van der Waals surface area contributed by atoms with E-state index in [2.05, 4.69) is 20.7 Å². The van der Waals surface area contributed by atoms with Gasteiger partial charge >= 0.3 is 0 Å². The lowest BCUT2D eigenvalue weighted by Crippen LogP contribution is -2.57. The molecule has 2 fully saturated rings. The summed E-state index contributed by atoms with van der Waals surface area (Å²) in [7, 11) is -3.21. The highest BCUT2D eigenvalue weighted by molar-refractivity contribution is 7.89. The highest BCUT2D eigenvalue weighted by Crippen LogP contribution is 2.41. The normalized spacial score (nSPS) is 25.0. The predicted molar refractivity (Wildman–Crippen MR) is 93.0 cm³/mol. The zero-order valence-electron chi connectivity index (χ0n) is 14.3. The summed E-state index contributed by atoms with van der Waals surface area (Å²) in [5.41, 5.74) is 1.26. The van der Waals surface area contributed by atoms with Crippen LogP contribution in [0, 0.1) is 5.41 Å². The van der Waals surface area contributed by atoms with E-state index in [1.807, 2.05) is 12.3 Å². The molecule has 0 amide bonds. The molecule has 1 aromatic rings. The van der Waals surface area contributed by atoms with Crippen LogP contribution in [-0.4, -0.2) is 56.4 Å². The van der Waals surface area contributed by atoms with E-state index in [0.717, 1.165) is 45.5 Å². The monoisotopic (exact) mass is 353 g/mol. The lowest BCUT2D eigenvalue weighted by atomic mass is 9.69. The Hall–Kier alpha value is -1.02. The van der Waals surface area contributed by atoms with E-state index >= 15 is 0 Å². The van der Waals surface area contributed by atoms with Crippen LogP contribution < -0.4 is 4.72 Å². The SMILES string of the molecule is CCS(=O)(=O)N[C@H]1COCCC12CCN(Cc1cccnc1)CC2. The molecule has 0 radical (unpaired) electrons. The molecule has 6 nitrogen and oxygen atoms in total. The molecule has 0 bridgehead atoms. The lowest BCUT2D eigenvalue weighted by Gasteiger charge is -2.49. The van der Waals surface area contributed by atoms with Crippen molar-refractivity contribution in [1.29, 1.82) is 0 Å². The number of aromatic nitrogens is 1. The summed E-state index contributed by atoms with van der Waals surface area (Å²) < 4.78 is 32.5. The van der Waals surface area contributed by atoms with Gasteiger partial charge in [0.05, 0.1) is 18.4 Å². The van der Waals surface area contributed by atoms with E-state index in [9.17, 15) is 8.42 Å². The third-order valence-electron chi connectivity index (χ3n) is 5.45. The lowest BCUT2D eigenvalue weighted by molar-refractivity contribution is -0.0445. The van der Waals surface area contributed by atoms with Gasteiger partial charge in [0.1, 0.15) is 0 Å². The highest BCUT2D eigenvalue weighted by atomic mass is 32.2. The zero-order chi connectivity index (χ0) is 17.0. The quantitative estimate of drug-likeness (QED) is 0.866. The fraction of sp³-hybridized carbons (Fsp3) is 0.706. The molecule has 1 aromatic heterocycles. The second-order valence-electron chi connectivity index (χ2n) is 6.90. The van der Waals surface area contributed by atoms with E-state index in [-0.39, 0.29) is 17.2 Å². The van der Waals surface area contributed by atoms with Crippen LogP contribution in [0.1, 0.15) is 31.7 Å². The molecule has 0 unspecified atom stereocenters. The van der Waals surface area contributed by atoms with Gasteiger partial charge < -0.3 is 4.74 Å². The first kappa shape index (κ1) is 17.8. The fourth-order valence-corrected chi connectivity index (χ4v) is 4.71. The minimum Gasteiger partial charge on any atom is -0.380 e. The molecule has 2 saturated heterocycles. The van der Waals surface area contributed by atoms with Crippen LogP contribution in [0.15, 0.2) is 24.5 Å². The number of rotatable bonds is 5. The first-order valence-electron chi connectivity index (χ1n) is 8.72. The molecule has 3 rings (SSSR count). The third kappa shape index (κ3) is 4.14. The molecule has 1 atom stereocenters. The molecule has 1 N–H and O–H groups in total. The van der Waals surface area contributed by atoms with Crippen LogP contribution in [0.3, 0.4) is 0 Å². The van der Waals surface area contributed by atoms with E-state index in [1.54, 1.807) is 13.1 Å². The largest absolute Gasteiger partial charge is 0.380 e. The fourth-order valence-electron chi connectivity index (χ4n) is 3.79. The number of hydrogen-bond acceptors (Lipinski definition) is 5. The minimum absolute atomic E-state index is 0.0337. The number of hydrogen-bond donors (Lipinski definition) is 1. The van der Waals surface area contributed by atoms with Crippen molar-refractivity contribution in [2.75, 3.05) is 32.1 Å². The Balaban J connectivity index is 1.63. The van der Waals surface area contributed by atoms with Gasteiger partial charge in [-0.15, -0.1) is 0 Å². The van der Waals surface area contributed by atoms with Crippen LogP contribution in [0.4, 0.5) is 0 Å². The maximum atomic E-state index is 12.0. The Kier molecular flexibility index (Phi) is 5.54. The number of sulfonamides is 1. The number of nitrogens with zero attached hydrogens (tertiary/aromatic N) is 2. The van der Waals surface area contributed by atoms with Crippen molar-refractivity contribution in [1.82, 2.24) is 14.6 Å². The Labute approximate surface area is 144 Å². The Morgan fingerprint density at radius 2 is 2.17 bits per heavy atom. The number of piperidine rings is 1. The molecule has 2 aliphatic heterocycles. The summed E-state index contributed by atoms with van der Waals surface area (Å²) in [6, 6.07) is 3.97. The van der Waals surface area contributed by atoms with Crippen molar-refractivity contribution < 1.29 is 13.2 Å². The minimum atomic E-state index is -3.21. The zero-order valence-corrected chi connectivity index (χ0v) is 15.1. The molecule has 0 aromatic carbocycles. The van der Waals surface area contributed by atoms with Gasteiger partial charge in [-0.1, -0.05) is 6.07 Å². The summed E-state index contributed by atoms with van der Waals surface area (Å²) in [4.78, 5) is 6.61. The summed E-state index contributed by atoms with van der Waals surface area (Å²) in [5.74, 6) is 0.118. The smallest absolute Gasteiger partial charge is 0.211 e. The number of nitrogens with one attached hydrogen (secondary N) is 1. The van der Waals surface area contributed by atoms with Crippen molar-refractivity contribution in [3.8, 4) is 0 Å². The summed E-state index contributed by atoms with van der Waals surface area (Å²) >= 11 is 0. The molecule has 2 aliphatic rings. The summed E-state index contributed by atoms with van der Waals surface area (Å²) in [6.45, 7) is 5.77. The summed E-state index contributed by atoms with van der Waals surface area (Å²) in [6.07, 6.45) is 6.66. The highest BCUT2D eigenvalue weighted by Gasteiger charge is 2.44. The van der Waals surface area contributed by atoms with Crippen molar-refractivity contribution in [3.05, 3.63) is 30.1 Å². The molecule has 1 spiro atoms. The summed E-state index contributed by atoms with van der Waals surface area (Å²) in [5, 5.41) is 0. The maximum absolute atomic E-state index is 12.0. The van der Waals surface area contributed by atoms with E-state index in [1.165, 1.54) is 5.56 Å². The first-order chi connectivity index (χ1) is 11.5. The molecule has 0 aliphatic carbocycles. The second-order valence-corrected chi connectivity index (χ2v) is 8.94. The van der Waals surface area contributed by atoms with Crippen LogP contribution >= 0.6 is 0 Å². The van der Waals surface area contributed by atoms with E-state index < -0.39 is 10.0 Å². The molecular weight excluding hydrogens is 326 g/mol. The van der Waals surface area contributed by atoms with Crippen molar-refractivity contribution in [2.24, 2.45) is 5.41 Å². The Morgan fingerprint density at radius 3 is 2.83 bits per heavy atom. The van der Waals surface area contributed by atoms with Gasteiger partial charge in [-0.2, -0.15) is 0 Å². The second kappa shape index (κ2) is 7.47. The van der Waals surface area contributed by atoms with Crippen molar-refractivity contribution in [3.63, 3.8) is 0 Å². The van der Waals surface area contributed by atoms with Gasteiger partial charge in [0.2, 0.25) is 10.0 Å². The van der Waals surface area contributed by atoms with Crippen LogP contribution in [0.5, 0.6) is 0 Å². The van der Waals surface area contributed by atoms with E-state index in [0.29, 0.717) is 6.61 Å². The van der Waals surface area contributed by atoms with Crippen molar-refractivity contribution >= 4 is 10.0 Å². The van der Waals surface area contributed by atoms with Gasteiger partial charge in [-0.25, -0.2) is 13.1 Å². The van der Waals surface area contributed by atoms with Gasteiger partial charge in [-0.3, -0.25) is 9.88 Å². The number of ether oxygens (including phenoxy) is 1. The molecule has 24 heavy (non-hydrogen) atoms. The van der Waals surface area contributed by atoms with Crippen molar-refractivity contribution in [2.45, 2.75) is 38.8 Å². The Morgan fingerprint density at radius 1 is 1.38 bits per heavy atom. The van der Waals surface area contributed by atoms with Gasteiger partial charge in [0.25, 0.3) is 0 Å². The van der Waals surface area contributed by atoms with Gasteiger partial charge in [-0.05, 0) is 56.3 Å². The van der Waals surface area contributed by atoms with E-state index in [4.69, 9.17) is 4.74 Å². The molecular formula is C17H27N3O3S. The predicted octanol–water partition coefficient (Wildman–Crippen LogP) is 1.39. The number of likely N-dealkylation sites (tertiary alicyclic amines) is 1.